The van der Waals surface area contributed by atoms with Crippen molar-refractivity contribution in [1.29, 1.82) is 0 Å². The van der Waals surface area contributed by atoms with Gasteiger partial charge in [-0.05, 0) is 36.4 Å². The van der Waals surface area contributed by atoms with E-state index in [9.17, 15) is 40.3 Å². The van der Waals surface area contributed by atoms with Crippen LogP contribution in [0.3, 0.4) is 0 Å². The van der Waals surface area contributed by atoms with Crippen LogP contribution in [0.25, 0.3) is 0 Å². The zero-order chi connectivity index (χ0) is 29.0. The second kappa shape index (κ2) is 9.95. The molecule has 1 aromatic heterocycles. The Balaban J connectivity index is 1.61. The number of rotatable bonds is 4. The van der Waals surface area contributed by atoms with Gasteiger partial charge in [0.2, 0.25) is 0 Å². The van der Waals surface area contributed by atoms with E-state index in [1.807, 2.05) is 0 Å². The Kier molecular flexibility index (Phi) is 6.89. The maximum atomic E-state index is 14.1. The van der Waals surface area contributed by atoms with Gasteiger partial charge in [0.15, 0.2) is 0 Å². The van der Waals surface area contributed by atoms with Gasteiger partial charge in [-0.3, -0.25) is 9.59 Å². The smallest absolute Gasteiger partial charge is 0.356 e. The van der Waals surface area contributed by atoms with E-state index in [2.05, 4.69) is 15.6 Å². The van der Waals surface area contributed by atoms with Gasteiger partial charge >= 0.3 is 6.18 Å². The second-order valence-corrected chi connectivity index (χ2v) is 9.79. The summed E-state index contributed by atoms with van der Waals surface area (Å²) in [6.45, 7) is -0.266. The summed E-state index contributed by atoms with van der Waals surface area (Å²) < 4.78 is 95.3. The lowest BCUT2D eigenvalue weighted by molar-refractivity contribution is -0.137. The number of pyridine rings is 1. The van der Waals surface area contributed by atoms with Gasteiger partial charge in [-0.25, -0.2) is 22.5 Å². The number of fused-ring (bicyclic) bond motifs is 1. The molecule has 210 valence electrons. The molecule has 3 heterocycles. The molecule has 0 bridgehead atoms. The summed E-state index contributed by atoms with van der Waals surface area (Å²) in [4.78, 5) is 31.8. The van der Waals surface area contributed by atoms with Gasteiger partial charge in [0.1, 0.15) is 23.1 Å². The third-order valence-corrected chi connectivity index (χ3v) is 6.99. The van der Waals surface area contributed by atoms with Crippen LogP contribution in [-0.2, 0) is 6.18 Å². The Morgan fingerprint density at radius 2 is 1.75 bits per heavy atom. The number of carbonyl (C=O) groups is 2. The van der Waals surface area contributed by atoms with Crippen molar-refractivity contribution in [2.75, 3.05) is 23.3 Å². The Bertz CT molecular complexity index is 1520. The van der Waals surface area contributed by atoms with Crippen LogP contribution in [0.2, 0.25) is 5.02 Å². The fourth-order valence-electron chi connectivity index (χ4n) is 4.65. The third-order valence-electron chi connectivity index (χ3n) is 6.65. The number of anilines is 2. The van der Waals surface area contributed by atoms with Gasteiger partial charge in [0.25, 0.3) is 17.7 Å². The Labute approximate surface area is 227 Å². The van der Waals surface area contributed by atoms with Gasteiger partial charge in [0.05, 0.1) is 17.3 Å². The van der Waals surface area contributed by atoms with Crippen molar-refractivity contribution in [2.24, 2.45) is 0 Å². The van der Waals surface area contributed by atoms with Gasteiger partial charge in [-0.1, -0.05) is 11.6 Å². The predicted octanol–water partition coefficient (Wildman–Crippen LogP) is 6.35. The molecule has 1 atom stereocenters. The average Bonchev–Trinajstić information content (AvgIpc) is 3.21. The maximum Gasteiger partial charge on any atom is 0.416 e. The normalized spacial score (nSPS) is 18.4. The van der Waals surface area contributed by atoms with Crippen molar-refractivity contribution in [3.8, 4) is 0 Å². The van der Waals surface area contributed by atoms with E-state index in [0.717, 1.165) is 12.1 Å². The van der Waals surface area contributed by atoms with Gasteiger partial charge in [0, 0.05) is 53.7 Å². The van der Waals surface area contributed by atoms with Crippen LogP contribution in [0.15, 0.2) is 42.5 Å². The highest BCUT2D eigenvalue weighted by Gasteiger charge is 2.39. The van der Waals surface area contributed by atoms with Crippen molar-refractivity contribution in [3.63, 3.8) is 0 Å². The largest absolute Gasteiger partial charge is 0.416 e. The molecule has 2 aromatic carbocycles. The molecule has 1 saturated heterocycles. The molecule has 6 nitrogen and oxygen atoms in total. The maximum absolute atomic E-state index is 14.1. The molecule has 14 heteroatoms. The van der Waals surface area contributed by atoms with Crippen LogP contribution in [0.5, 0.6) is 0 Å². The van der Waals surface area contributed by atoms with Crippen LogP contribution >= 0.6 is 11.6 Å². The molecule has 2 aliphatic heterocycles. The van der Waals surface area contributed by atoms with Gasteiger partial charge < -0.3 is 15.5 Å². The van der Waals surface area contributed by atoms with Crippen molar-refractivity contribution >= 4 is 34.9 Å². The van der Waals surface area contributed by atoms with Crippen LogP contribution in [0, 0.1) is 11.6 Å². The van der Waals surface area contributed by atoms with Gasteiger partial charge in [-0.2, -0.15) is 13.2 Å². The zero-order valence-electron chi connectivity index (χ0n) is 20.2. The lowest BCUT2D eigenvalue weighted by Crippen LogP contribution is -2.40. The topological polar surface area (TPSA) is 74.3 Å². The van der Waals surface area contributed by atoms with E-state index >= 15 is 0 Å². The molecule has 1 fully saturated rings. The molecule has 0 saturated carbocycles. The van der Waals surface area contributed by atoms with Crippen LogP contribution < -0.4 is 15.5 Å². The number of nitrogens with one attached hydrogen (secondary N) is 2. The first kappa shape index (κ1) is 27.7. The van der Waals surface area contributed by atoms with E-state index in [-0.39, 0.29) is 52.5 Å². The minimum atomic E-state index is -4.94. The number of hydrogen-bond acceptors (Lipinski definition) is 4. The second-order valence-electron chi connectivity index (χ2n) is 9.39. The van der Waals surface area contributed by atoms with Crippen LogP contribution in [0.1, 0.15) is 56.4 Å². The van der Waals surface area contributed by atoms with Crippen molar-refractivity contribution in [2.45, 2.75) is 31.0 Å². The number of alkyl halides is 5. The number of halogens is 8. The third kappa shape index (κ3) is 5.42. The summed E-state index contributed by atoms with van der Waals surface area (Å²) in [5, 5.41) is 5.04. The van der Waals surface area contributed by atoms with E-state index in [4.69, 9.17) is 11.6 Å². The highest BCUT2D eigenvalue weighted by Crippen LogP contribution is 2.41. The van der Waals surface area contributed by atoms with E-state index in [0.29, 0.717) is 12.1 Å². The van der Waals surface area contributed by atoms with E-state index < -0.39 is 65.6 Å². The highest BCUT2D eigenvalue weighted by molar-refractivity contribution is 6.31. The first-order valence-corrected chi connectivity index (χ1v) is 12.2. The van der Waals surface area contributed by atoms with Crippen molar-refractivity contribution < 1.29 is 40.3 Å². The molecule has 2 aliphatic rings. The summed E-state index contributed by atoms with van der Waals surface area (Å²) in [5.41, 5.74) is -2.32. The summed E-state index contributed by atoms with van der Waals surface area (Å²) >= 11 is 6.25. The molecule has 0 radical (unpaired) electrons. The molecule has 3 aromatic rings. The molecule has 0 spiro atoms. The molecule has 2 N–H and O–H groups in total. The van der Waals surface area contributed by atoms with Crippen LogP contribution in [0.4, 0.5) is 42.2 Å². The first-order chi connectivity index (χ1) is 18.7. The fraction of sp³-hybridized carbons (Fsp3) is 0.269. The minimum absolute atomic E-state index is 0.0180. The number of nitrogens with zero attached hydrogens (tertiary/aromatic N) is 2. The van der Waals surface area contributed by atoms with E-state index in [1.54, 1.807) is 0 Å². The molecular formula is C26H18ClF7N4O2. The number of carbonyl (C=O) groups excluding carboxylic acids is 2. The minimum Gasteiger partial charge on any atom is -0.356 e. The number of benzene rings is 2. The summed E-state index contributed by atoms with van der Waals surface area (Å²) in [5.74, 6) is -6.75. The summed E-state index contributed by atoms with van der Waals surface area (Å²) in [6.07, 6.45) is -5.93. The summed E-state index contributed by atoms with van der Waals surface area (Å²) in [6, 6.07) is 4.81. The standard InChI is InChI=1S/C26H18ClF7N4O2/c27-17-2-1-14(28)10-16(17)21-20-18(35-23(39)12-7-13(26(32,33)34)9-15(29)8-12)11-19(36-22(20)24(40)37-21)38-5-3-25(30,31)4-6-38/h1-2,7-11,21H,3-6H2,(H,37,40)(H,35,36,39). The molecule has 5 rings (SSSR count). The fourth-order valence-corrected chi connectivity index (χ4v) is 4.88. The Morgan fingerprint density at radius 1 is 1.05 bits per heavy atom. The predicted molar refractivity (Wildman–Crippen MR) is 131 cm³/mol. The quantitative estimate of drug-likeness (QED) is 0.349. The van der Waals surface area contributed by atoms with Crippen molar-refractivity contribution in [3.05, 3.63) is 87.1 Å². The average molecular weight is 587 g/mol. The van der Waals surface area contributed by atoms with Gasteiger partial charge in [-0.15, -0.1) is 0 Å². The Morgan fingerprint density at radius 3 is 2.42 bits per heavy atom. The first-order valence-electron chi connectivity index (χ1n) is 11.8. The monoisotopic (exact) mass is 586 g/mol. The molecule has 40 heavy (non-hydrogen) atoms. The molecule has 0 aliphatic carbocycles. The lowest BCUT2D eigenvalue weighted by Gasteiger charge is -2.33. The zero-order valence-corrected chi connectivity index (χ0v) is 20.9. The lowest BCUT2D eigenvalue weighted by atomic mass is 9.98. The van der Waals surface area contributed by atoms with Crippen LogP contribution in [-0.4, -0.2) is 35.8 Å². The Hall–Kier alpha value is -3.87. The molecular weight excluding hydrogens is 569 g/mol. The number of hydrogen-bond donors (Lipinski definition) is 2. The number of piperidine rings is 1. The number of aromatic nitrogens is 1. The van der Waals surface area contributed by atoms with Crippen molar-refractivity contribution in [1.82, 2.24) is 10.3 Å². The van der Waals surface area contributed by atoms with E-state index in [1.165, 1.54) is 17.0 Å². The molecule has 2 amide bonds. The number of amides is 2. The summed E-state index contributed by atoms with van der Waals surface area (Å²) in [7, 11) is 0. The highest BCUT2D eigenvalue weighted by atomic mass is 35.5. The molecule has 1 unspecified atom stereocenters. The SMILES string of the molecule is O=C(Nc1cc(N2CCC(F)(F)CC2)nc2c1C(c1cc(F)ccc1Cl)NC2=O)c1cc(F)cc(C(F)(F)F)c1.